The molecule has 0 aliphatic carbocycles. The van der Waals surface area contributed by atoms with Crippen molar-refractivity contribution in [2.45, 2.75) is 32.2 Å². The lowest BCUT2D eigenvalue weighted by Gasteiger charge is -2.09. The van der Waals surface area contributed by atoms with Crippen LogP contribution in [0.15, 0.2) is 0 Å². The SMILES string of the molecule is CCCCSC(=O)NC1CCS(=O)(=O)C1. The Morgan fingerprint density at radius 1 is 1.53 bits per heavy atom. The number of carbonyl (C=O) groups is 1. The Morgan fingerprint density at radius 2 is 2.27 bits per heavy atom. The average molecular weight is 251 g/mol. The molecule has 1 saturated heterocycles. The third-order valence-corrected chi connectivity index (χ3v) is 4.93. The lowest BCUT2D eigenvalue weighted by atomic mass is 10.3. The molecule has 0 spiro atoms. The van der Waals surface area contributed by atoms with Crippen LogP contribution in [0.4, 0.5) is 4.79 Å². The van der Waals surface area contributed by atoms with Crippen LogP contribution in [0.2, 0.25) is 0 Å². The van der Waals surface area contributed by atoms with Gasteiger partial charge < -0.3 is 5.32 Å². The predicted octanol–water partition coefficient (Wildman–Crippen LogP) is 1.42. The molecule has 88 valence electrons. The molecule has 1 fully saturated rings. The summed E-state index contributed by atoms with van der Waals surface area (Å²) in [5.41, 5.74) is 0. The molecule has 1 rings (SSSR count). The number of amides is 1. The number of sulfone groups is 1. The summed E-state index contributed by atoms with van der Waals surface area (Å²) in [6, 6.07) is -0.170. The number of hydrogen-bond acceptors (Lipinski definition) is 4. The standard InChI is InChI=1S/C9H17NO3S2/c1-2-3-5-14-9(11)10-8-4-6-15(12,13)7-8/h8H,2-7H2,1H3,(H,10,11). The molecule has 0 aromatic carbocycles. The molecule has 1 N–H and O–H groups in total. The highest BCUT2D eigenvalue weighted by Gasteiger charge is 2.28. The lowest BCUT2D eigenvalue weighted by molar-refractivity contribution is 0.258. The van der Waals surface area contributed by atoms with E-state index in [1.807, 2.05) is 0 Å². The van der Waals surface area contributed by atoms with Gasteiger partial charge >= 0.3 is 0 Å². The molecule has 0 bridgehead atoms. The van der Waals surface area contributed by atoms with Gasteiger partial charge in [0.2, 0.25) is 0 Å². The zero-order valence-electron chi connectivity index (χ0n) is 8.86. The Labute approximate surface area is 95.1 Å². The Bertz CT molecular complexity index is 313. The molecular formula is C9H17NO3S2. The van der Waals surface area contributed by atoms with E-state index in [9.17, 15) is 13.2 Å². The van der Waals surface area contributed by atoms with Crippen molar-refractivity contribution < 1.29 is 13.2 Å². The average Bonchev–Trinajstić information content (AvgIpc) is 2.46. The summed E-state index contributed by atoms with van der Waals surface area (Å²) in [5, 5.41) is 2.65. The maximum absolute atomic E-state index is 11.3. The molecular weight excluding hydrogens is 234 g/mol. The molecule has 6 heteroatoms. The molecule has 1 unspecified atom stereocenters. The summed E-state index contributed by atoms with van der Waals surface area (Å²) in [5.74, 6) is 1.12. The molecule has 0 aromatic heterocycles. The van der Waals surface area contributed by atoms with Gasteiger partial charge in [0, 0.05) is 11.8 Å². The molecule has 0 radical (unpaired) electrons. The van der Waals surface area contributed by atoms with Gasteiger partial charge in [-0.25, -0.2) is 8.42 Å². The van der Waals surface area contributed by atoms with E-state index in [2.05, 4.69) is 12.2 Å². The van der Waals surface area contributed by atoms with Crippen LogP contribution >= 0.6 is 11.8 Å². The minimum absolute atomic E-state index is 0.0921. The summed E-state index contributed by atoms with van der Waals surface area (Å²) in [6.07, 6.45) is 2.64. The fourth-order valence-electron chi connectivity index (χ4n) is 1.43. The van der Waals surface area contributed by atoms with Crippen molar-refractivity contribution in [3.63, 3.8) is 0 Å². The molecule has 0 saturated carbocycles. The summed E-state index contributed by atoms with van der Waals surface area (Å²) in [4.78, 5) is 11.3. The van der Waals surface area contributed by atoms with Gasteiger partial charge in [-0.15, -0.1) is 0 Å². The van der Waals surface area contributed by atoms with E-state index in [1.54, 1.807) is 0 Å². The third kappa shape index (κ3) is 4.88. The molecule has 15 heavy (non-hydrogen) atoms. The summed E-state index contributed by atoms with van der Waals surface area (Å²) in [6.45, 7) is 2.07. The van der Waals surface area contributed by atoms with Gasteiger partial charge in [-0.1, -0.05) is 25.1 Å². The Kier molecular flexibility index (Phi) is 4.92. The molecule has 1 atom stereocenters. The van der Waals surface area contributed by atoms with Crippen molar-refractivity contribution >= 4 is 26.8 Å². The molecule has 1 aliphatic heterocycles. The van der Waals surface area contributed by atoms with Crippen molar-refractivity contribution in [1.82, 2.24) is 5.32 Å². The van der Waals surface area contributed by atoms with Crippen molar-refractivity contribution in [2.24, 2.45) is 0 Å². The molecule has 1 heterocycles. The number of unbranched alkanes of at least 4 members (excludes halogenated alkanes) is 1. The van der Waals surface area contributed by atoms with Crippen molar-refractivity contribution in [1.29, 1.82) is 0 Å². The maximum Gasteiger partial charge on any atom is 0.279 e. The third-order valence-electron chi connectivity index (χ3n) is 2.29. The van der Waals surface area contributed by atoms with Gasteiger partial charge in [-0.3, -0.25) is 4.79 Å². The topological polar surface area (TPSA) is 63.2 Å². The number of rotatable bonds is 4. The van der Waals surface area contributed by atoms with E-state index < -0.39 is 9.84 Å². The first-order valence-corrected chi connectivity index (χ1v) is 7.98. The normalized spacial score (nSPS) is 23.9. The highest BCUT2D eigenvalue weighted by Crippen LogP contribution is 2.13. The van der Waals surface area contributed by atoms with E-state index in [1.165, 1.54) is 11.8 Å². The highest BCUT2D eigenvalue weighted by molar-refractivity contribution is 8.13. The second-order valence-electron chi connectivity index (χ2n) is 3.73. The Morgan fingerprint density at radius 3 is 2.80 bits per heavy atom. The van der Waals surface area contributed by atoms with Crippen molar-refractivity contribution in [3.8, 4) is 0 Å². The van der Waals surface area contributed by atoms with Crippen molar-refractivity contribution in [2.75, 3.05) is 17.3 Å². The monoisotopic (exact) mass is 251 g/mol. The van der Waals surface area contributed by atoms with Gasteiger partial charge in [0.15, 0.2) is 9.84 Å². The van der Waals surface area contributed by atoms with Crippen LogP contribution in [0.25, 0.3) is 0 Å². The minimum Gasteiger partial charge on any atom is -0.343 e. The van der Waals surface area contributed by atoms with E-state index >= 15 is 0 Å². The number of thioether (sulfide) groups is 1. The molecule has 4 nitrogen and oxygen atoms in total. The predicted molar refractivity (Wildman–Crippen MR) is 63.0 cm³/mol. The first-order chi connectivity index (χ1) is 7.03. The number of hydrogen-bond donors (Lipinski definition) is 1. The second-order valence-corrected chi connectivity index (χ2v) is 7.03. The van der Waals surface area contributed by atoms with E-state index in [0.717, 1.165) is 18.6 Å². The van der Waals surface area contributed by atoms with E-state index in [-0.39, 0.29) is 22.8 Å². The quantitative estimate of drug-likeness (QED) is 0.767. The zero-order valence-corrected chi connectivity index (χ0v) is 10.5. The Hall–Kier alpha value is -0.230. The van der Waals surface area contributed by atoms with E-state index in [4.69, 9.17) is 0 Å². The van der Waals surface area contributed by atoms with Gasteiger partial charge in [-0.05, 0) is 12.8 Å². The molecule has 1 amide bonds. The van der Waals surface area contributed by atoms with Crippen LogP contribution in [0.1, 0.15) is 26.2 Å². The van der Waals surface area contributed by atoms with Crippen LogP contribution in [0.3, 0.4) is 0 Å². The van der Waals surface area contributed by atoms with Gasteiger partial charge in [0.05, 0.1) is 11.5 Å². The molecule has 0 aromatic rings. The van der Waals surface area contributed by atoms with Crippen LogP contribution in [-0.4, -0.2) is 37.0 Å². The number of carbonyl (C=O) groups excluding carboxylic acids is 1. The minimum atomic E-state index is -2.89. The van der Waals surface area contributed by atoms with Crippen LogP contribution in [-0.2, 0) is 9.84 Å². The largest absolute Gasteiger partial charge is 0.343 e. The summed E-state index contributed by atoms with van der Waals surface area (Å²) >= 11 is 1.24. The lowest BCUT2D eigenvalue weighted by Crippen LogP contribution is -2.33. The van der Waals surface area contributed by atoms with Gasteiger partial charge in [0.1, 0.15) is 0 Å². The summed E-state index contributed by atoms with van der Waals surface area (Å²) in [7, 11) is -2.89. The smallest absolute Gasteiger partial charge is 0.279 e. The van der Waals surface area contributed by atoms with Crippen molar-refractivity contribution in [3.05, 3.63) is 0 Å². The van der Waals surface area contributed by atoms with Crippen LogP contribution in [0, 0.1) is 0 Å². The number of nitrogens with one attached hydrogen (secondary N) is 1. The summed E-state index contributed by atoms with van der Waals surface area (Å²) < 4.78 is 22.2. The fraction of sp³-hybridized carbons (Fsp3) is 0.889. The maximum atomic E-state index is 11.3. The molecule has 1 aliphatic rings. The van der Waals surface area contributed by atoms with Crippen LogP contribution in [0.5, 0.6) is 0 Å². The zero-order chi connectivity index (χ0) is 11.3. The second kappa shape index (κ2) is 5.75. The fourth-order valence-corrected chi connectivity index (χ4v) is 3.97. The Balaban J connectivity index is 2.22. The highest BCUT2D eigenvalue weighted by atomic mass is 32.2. The first-order valence-electron chi connectivity index (χ1n) is 5.17. The van der Waals surface area contributed by atoms with Crippen LogP contribution < -0.4 is 5.32 Å². The van der Waals surface area contributed by atoms with Gasteiger partial charge in [0.25, 0.3) is 5.24 Å². The van der Waals surface area contributed by atoms with E-state index in [0.29, 0.717) is 6.42 Å². The first kappa shape index (κ1) is 12.8. The van der Waals surface area contributed by atoms with Gasteiger partial charge in [-0.2, -0.15) is 0 Å².